The minimum atomic E-state index is -0.0512. The van der Waals surface area contributed by atoms with E-state index in [1.165, 1.54) is 0 Å². The van der Waals surface area contributed by atoms with Crippen LogP contribution in [-0.4, -0.2) is 26.6 Å². The molecule has 0 N–H and O–H groups in total. The van der Waals surface area contributed by atoms with Crippen molar-refractivity contribution < 1.29 is 4.74 Å². The third kappa shape index (κ3) is 3.63. The van der Waals surface area contributed by atoms with Gasteiger partial charge in [0, 0.05) is 35.1 Å². The second-order valence-corrected chi connectivity index (χ2v) is 7.09. The Labute approximate surface area is 165 Å². The first-order chi connectivity index (χ1) is 13.5. The summed E-state index contributed by atoms with van der Waals surface area (Å²) in [5.74, 6) is 0.575. The maximum atomic E-state index is 13.0. The molecule has 0 saturated heterocycles. The molecule has 0 unspecified atom stereocenters. The third-order valence-electron chi connectivity index (χ3n) is 5.23. The molecule has 0 fully saturated rings. The number of fused-ring (bicyclic) bond motifs is 1. The Morgan fingerprint density at radius 1 is 1.07 bits per heavy atom. The molecule has 0 radical (unpaired) electrons. The fourth-order valence-corrected chi connectivity index (χ4v) is 3.66. The summed E-state index contributed by atoms with van der Waals surface area (Å²) >= 11 is 0. The van der Waals surface area contributed by atoms with Crippen LogP contribution < -0.4 is 10.3 Å². The van der Waals surface area contributed by atoms with Crippen LogP contribution in [0.4, 0.5) is 0 Å². The number of methoxy groups -OCH3 is 1. The van der Waals surface area contributed by atoms with Crippen LogP contribution in [0.3, 0.4) is 0 Å². The molecule has 3 aromatic rings. The maximum absolute atomic E-state index is 13.0. The van der Waals surface area contributed by atoms with Crippen LogP contribution in [0, 0.1) is 13.8 Å². The van der Waals surface area contributed by atoms with Gasteiger partial charge in [-0.25, -0.2) is 15.0 Å². The fourth-order valence-electron chi connectivity index (χ4n) is 3.66. The molecule has 6 heteroatoms. The van der Waals surface area contributed by atoms with Crippen molar-refractivity contribution in [2.45, 2.75) is 59.4 Å². The van der Waals surface area contributed by atoms with Gasteiger partial charge in [-0.15, -0.1) is 0 Å². The van der Waals surface area contributed by atoms with E-state index in [9.17, 15) is 4.79 Å². The number of unbranched alkanes of at least 4 members (excludes halogenated alkanes) is 1. The van der Waals surface area contributed by atoms with Gasteiger partial charge < -0.3 is 4.74 Å². The number of hydrogen-bond acceptors (Lipinski definition) is 5. The lowest BCUT2D eigenvalue weighted by Gasteiger charge is -2.21. The predicted octanol–water partition coefficient (Wildman–Crippen LogP) is 4.62. The SMILES string of the molecule is CCCC[C@@H](CC)n1c(=O)c(C)nc2c(-c3ccc(OC)nc3C)ccnc21. The number of rotatable bonds is 7. The summed E-state index contributed by atoms with van der Waals surface area (Å²) in [6.45, 7) is 8.01. The average molecular weight is 380 g/mol. The van der Waals surface area contributed by atoms with Gasteiger partial charge in [-0.1, -0.05) is 26.7 Å². The molecule has 28 heavy (non-hydrogen) atoms. The van der Waals surface area contributed by atoms with Gasteiger partial charge in [0.15, 0.2) is 5.65 Å². The van der Waals surface area contributed by atoms with E-state index in [1.807, 2.05) is 29.7 Å². The Morgan fingerprint density at radius 2 is 1.86 bits per heavy atom. The zero-order valence-electron chi connectivity index (χ0n) is 17.3. The van der Waals surface area contributed by atoms with E-state index in [4.69, 9.17) is 4.74 Å². The van der Waals surface area contributed by atoms with Crippen molar-refractivity contribution in [2.24, 2.45) is 0 Å². The van der Waals surface area contributed by atoms with Gasteiger partial charge in [-0.2, -0.15) is 0 Å². The van der Waals surface area contributed by atoms with Gasteiger partial charge in [0.1, 0.15) is 11.2 Å². The number of pyridine rings is 2. The highest BCUT2D eigenvalue weighted by atomic mass is 16.5. The first-order valence-corrected chi connectivity index (χ1v) is 9.91. The molecule has 0 spiro atoms. The number of hydrogen-bond donors (Lipinski definition) is 0. The summed E-state index contributed by atoms with van der Waals surface area (Å²) < 4.78 is 7.08. The first-order valence-electron chi connectivity index (χ1n) is 9.91. The molecule has 0 saturated carbocycles. The second-order valence-electron chi connectivity index (χ2n) is 7.09. The van der Waals surface area contributed by atoms with Crippen molar-refractivity contribution in [2.75, 3.05) is 7.11 Å². The Bertz CT molecular complexity index is 1040. The lowest BCUT2D eigenvalue weighted by molar-refractivity contribution is 0.397. The molecular weight excluding hydrogens is 352 g/mol. The van der Waals surface area contributed by atoms with E-state index in [0.717, 1.165) is 48.0 Å². The van der Waals surface area contributed by atoms with Crippen molar-refractivity contribution in [3.05, 3.63) is 46.1 Å². The summed E-state index contributed by atoms with van der Waals surface area (Å²) in [6, 6.07) is 5.88. The van der Waals surface area contributed by atoms with E-state index >= 15 is 0 Å². The molecule has 0 aliphatic rings. The molecular formula is C22H28N4O2. The summed E-state index contributed by atoms with van der Waals surface area (Å²) in [5, 5.41) is 0. The number of aromatic nitrogens is 4. The molecule has 3 rings (SSSR count). The Kier molecular flexibility index (Phi) is 6.07. The average Bonchev–Trinajstić information content (AvgIpc) is 2.70. The van der Waals surface area contributed by atoms with Crippen LogP contribution in [0.25, 0.3) is 22.3 Å². The monoisotopic (exact) mass is 380 g/mol. The smallest absolute Gasteiger partial charge is 0.273 e. The molecule has 148 valence electrons. The normalized spacial score (nSPS) is 12.3. The summed E-state index contributed by atoms with van der Waals surface area (Å²) in [4.78, 5) is 26.7. The zero-order chi connectivity index (χ0) is 20.3. The molecule has 0 bridgehead atoms. The van der Waals surface area contributed by atoms with Gasteiger partial charge in [-0.05, 0) is 38.8 Å². The van der Waals surface area contributed by atoms with E-state index in [-0.39, 0.29) is 11.6 Å². The Balaban J connectivity index is 2.27. The Morgan fingerprint density at radius 3 is 2.50 bits per heavy atom. The van der Waals surface area contributed by atoms with E-state index in [2.05, 4.69) is 28.8 Å². The zero-order valence-corrected chi connectivity index (χ0v) is 17.3. The maximum Gasteiger partial charge on any atom is 0.273 e. The van der Waals surface area contributed by atoms with Gasteiger partial charge in [-0.3, -0.25) is 9.36 Å². The van der Waals surface area contributed by atoms with Crippen LogP contribution in [0.2, 0.25) is 0 Å². The molecule has 0 aromatic carbocycles. The predicted molar refractivity (Wildman–Crippen MR) is 112 cm³/mol. The third-order valence-corrected chi connectivity index (χ3v) is 5.23. The second kappa shape index (κ2) is 8.50. The van der Waals surface area contributed by atoms with Gasteiger partial charge in [0.05, 0.1) is 7.11 Å². The van der Waals surface area contributed by atoms with Crippen molar-refractivity contribution >= 4 is 11.2 Å². The summed E-state index contributed by atoms with van der Waals surface area (Å²) in [7, 11) is 1.61. The van der Waals surface area contributed by atoms with Crippen LogP contribution in [-0.2, 0) is 0 Å². The van der Waals surface area contributed by atoms with Crippen molar-refractivity contribution in [3.63, 3.8) is 0 Å². The first kappa shape index (κ1) is 20.0. The standard InChI is InChI=1S/C22H28N4O2/c1-6-8-9-16(7-2)26-21-20(25-15(4)22(26)27)18(12-13-23-21)17-10-11-19(28-5)24-14(17)3/h10-13,16H,6-9H2,1-5H3/t16-/m1/s1. The van der Waals surface area contributed by atoms with E-state index < -0.39 is 0 Å². The molecule has 3 aromatic heterocycles. The highest BCUT2D eigenvalue weighted by Gasteiger charge is 2.19. The molecule has 1 atom stereocenters. The summed E-state index contributed by atoms with van der Waals surface area (Å²) in [6.07, 6.45) is 5.77. The summed E-state index contributed by atoms with van der Waals surface area (Å²) in [5.41, 5.74) is 4.57. The topological polar surface area (TPSA) is 69.9 Å². The highest BCUT2D eigenvalue weighted by Crippen LogP contribution is 2.30. The minimum Gasteiger partial charge on any atom is -0.481 e. The lowest BCUT2D eigenvalue weighted by Crippen LogP contribution is -2.28. The van der Waals surface area contributed by atoms with Crippen molar-refractivity contribution in [3.8, 4) is 17.0 Å². The molecule has 0 amide bonds. The highest BCUT2D eigenvalue weighted by molar-refractivity contribution is 5.90. The molecule has 6 nitrogen and oxygen atoms in total. The van der Waals surface area contributed by atoms with Crippen LogP contribution in [0.5, 0.6) is 5.88 Å². The lowest BCUT2D eigenvalue weighted by atomic mass is 10.0. The number of nitrogens with zero attached hydrogens (tertiary/aromatic N) is 4. The molecule has 0 aliphatic carbocycles. The van der Waals surface area contributed by atoms with E-state index in [0.29, 0.717) is 17.2 Å². The minimum absolute atomic E-state index is 0.0512. The van der Waals surface area contributed by atoms with Crippen LogP contribution >= 0.6 is 0 Å². The van der Waals surface area contributed by atoms with Crippen LogP contribution in [0.1, 0.15) is 57.0 Å². The van der Waals surface area contributed by atoms with Crippen molar-refractivity contribution in [1.29, 1.82) is 0 Å². The van der Waals surface area contributed by atoms with E-state index in [1.54, 1.807) is 20.2 Å². The van der Waals surface area contributed by atoms with Gasteiger partial charge in [0.25, 0.3) is 5.56 Å². The van der Waals surface area contributed by atoms with Crippen LogP contribution in [0.15, 0.2) is 29.2 Å². The quantitative estimate of drug-likeness (QED) is 0.598. The molecule has 0 aliphatic heterocycles. The van der Waals surface area contributed by atoms with Crippen molar-refractivity contribution in [1.82, 2.24) is 19.5 Å². The number of aryl methyl sites for hydroxylation is 2. The number of ether oxygens (including phenoxy) is 1. The van der Waals surface area contributed by atoms with Gasteiger partial charge in [0.2, 0.25) is 5.88 Å². The Hall–Kier alpha value is -2.76. The largest absolute Gasteiger partial charge is 0.481 e. The molecule has 3 heterocycles. The van der Waals surface area contributed by atoms with Gasteiger partial charge >= 0.3 is 0 Å². The fraction of sp³-hybridized carbons (Fsp3) is 0.455.